The molecule has 1 heterocycles. The molecule has 0 spiro atoms. The monoisotopic (exact) mass is 277 g/mol. The number of halogens is 2. The predicted octanol–water partition coefficient (Wildman–Crippen LogP) is 3.51. The minimum atomic E-state index is -2.19. The molecule has 1 atom stereocenters. The Balaban J connectivity index is 2.39. The molecule has 0 bridgehead atoms. The molecule has 0 amide bonds. The fourth-order valence-electron chi connectivity index (χ4n) is 1.97. The van der Waals surface area contributed by atoms with E-state index < -0.39 is 15.6 Å². The van der Waals surface area contributed by atoms with Gasteiger partial charge in [0.25, 0.3) is 0 Å². The summed E-state index contributed by atoms with van der Waals surface area (Å²) in [7, 11) is -3.91. The first-order valence-electron chi connectivity index (χ1n) is 6.80. The Labute approximate surface area is 111 Å². The van der Waals surface area contributed by atoms with Crippen LogP contribution >= 0.6 is 0 Å². The molecule has 0 aromatic heterocycles. The van der Waals surface area contributed by atoms with Crippen molar-refractivity contribution in [3.63, 3.8) is 0 Å². The molecule has 1 saturated heterocycles. The first kappa shape index (κ1) is 16.1. The van der Waals surface area contributed by atoms with Crippen LogP contribution in [0.25, 0.3) is 0 Å². The van der Waals surface area contributed by atoms with Crippen molar-refractivity contribution in [1.82, 2.24) is 4.90 Å². The lowest BCUT2D eigenvalue weighted by Gasteiger charge is -2.38. The van der Waals surface area contributed by atoms with Crippen LogP contribution in [0.5, 0.6) is 0 Å². The first-order valence-corrected chi connectivity index (χ1v) is 9.71. The molecule has 18 heavy (non-hydrogen) atoms. The lowest BCUT2D eigenvalue weighted by Crippen LogP contribution is -2.44. The number of rotatable bonds is 5. The molecule has 0 aromatic rings. The molecular weight excluding hydrogens is 251 g/mol. The minimum Gasteiger partial charge on any atom is -0.413 e. The van der Waals surface area contributed by atoms with Crippen molar-refractivity contribution in [2.24, 2.45) is 0 Å². The number of likely N-dealkylation sites (tertiary alicyclic amines) is 1. The minimum absolute atomic E-state index is 0.0210. The topological polar surface area (TPSA) is 12.5 Å². The summed E-state index contributed by atoms with van der Waals surface area (Å²) in [6.07, 6.45) is 1.20. The van der Waals surface area contributed by atoms with Gasteiger partial charge in [-0.1, -0.05) is 20.8 Å². The molecule has 0 aliphatic carbocycles. The van der Waals surface area contributed by atoms with Gasteiger partial charge in [-0.3, -0.25) is 8.63 Å². The van der Waals surface area contributed by atoms with Crippen molar-refractivity contribution >= 4 is 15.6 Å². The maximum atomic E-state index is 12.2. The summed E-state index contributed by atoms with van der Waals surface area (Å²) in [4.78, 5) is 2.10. The molecule has 1 fully saturated rings. The highest BCUT2D eigenvalue weighted by Gasteiger charge is 2.40. The van der Waals surface area contributed by atoms with E-state index in [0.29, 0.717) is 6.54 Å². The summed E-state index contributed by atoms with van der Waals surface area (Å²) in [6, 6.07) is 0. The van der Waals surface area contributed by atoms with Crippen LogP contribution in [0.1, 0.15) is 27.2 Å². The van der Waals surface area contributed by atoms with Crippen LogP contribution in [0.4, 0.5) is 8.63 Å². The third-order valence-corrected chi connectivity index (χ3v) is 8.70. The van der Waals surface area contributed by atoms with E-state index in [9.17, 15) is 8.63 Å². The molecule has 0 saturated carbocycles. The van der Waals surface area contributed by atoms with E-state index in [1.165, 1.54) is 0 Å². The maximum absolute atomic E-state index is 12.2. The van der Waals surface area contributed by atoms with E-state index in [1.54, 1.807) is 0 Å². The average Bonchev–Trinajstić information content (AvgIpc) is 2.60. The molecule has 0 N–H and O–H groups in total. The normalized spacial score (nSPS) is 22.5. The fourth-order valence-corrected chi connectivity index (χ4v) is 3.35. The van der Waals surface area contributed by atoms with E-state index in [0.717, 1.165) is 19.5 Å². The lowest BCUT2D eigenvalue weighted by atomic mass is 9.93. The summed E-state index contributed by atoms with van der Waals surface area (Å²) in [6.45, 7) is 13.4. The van der Waals surface area contributed by atoms with Crippen molar-refractivity contribution in [3.8, 4) is 0 Å². The standard InChI is InChI=1S/C12H26BF2NOSi/c1-12(2,3)18(4,5)17-11-6-8-16(10-11)9-7-13(14)15/h11H,6-10H2,1-5H3. The third kappa shape index (κ3) is 4.63. The number of hydrogen-bond donors (Lipinski definition) is 0. The molecular formula is C12H26BF2NOSi. The van der Waals surface area contributed by atoms with Crippen molar-refractivity contribution in [3.05, 3.63) is 0 Å². The van der Waals surface area contributed by atoms with E-state index in [2.05, 4.69) is 38.8 Å². The zero-order valence-electron chi connectivity index (χ0n) is 12.3. The summed E-state index contributed by atoms with van der Waals surface area (Å²) in [5.41, 5.74) is 0. The van der Waals surface area contributed by atoms with E-state index in [-0.39, 0.29) is 17.5 Å². The van der Waals surface area contributed by atoms with Gasteiger partial charge in [-0.05, 0) is 31.1 Å². The Morgan fingerprint density at radius 3 is 2.44 bits per heavy atom. The smallest absolute Gasteiger partial charge is 0.413 e. The quantitative estimate of drug-likeness (QED) is 0.713. The Morgan fingerprint density at radius 1 is 1.33 bits per heavy atom. The van der Waals surface area contributed by atoms with E-state index in [4.69, 9.17) is 4.43 Å². The summed E-state index contributed by atoms with van der Waals surface area (Å²) >= 11 is 0. The van der Waals surface area contributed by atoms with Crippen molar-refractivity contribution in [2.75, 3.05) is 19.6 Å². The number of hydrogen-bond acceptors (Lipinski definition) is 2. The van der Waals surface area contributed by atoms with Gasteiger partial charge < -0.3 is 9.33 Å². The summed E-state index contributed by atoms with van der Waals surface area (Å²) in [5, 5.41) is 0.212. The highest BCUT2D eigenvalue weighted by Crippen LogP contribution is 2.38. The van der Waals surface area contributed by atoms with Gasteiger partial charge >= 0.3 is 7.27 Å². The molecule has 106 valence electrons. The third-order valence-electron chi connectivity index (χ3n) is 4.16. The Hall–Kier alpha value is 0.0618. The second-order valence-corrected chi connectivity index (χ2v) is 11.5. The highest BCUT2D eigenvalue weighted by molar-refractivity contribution is 6.74. The van der Waals surface area contributed by atoms with Crippen LogP contribution in [0, 0.1) is 0 Å². The summed E-state index contributed by atoms with van der Waals surface area (Å²) in [5.74, 6) is 0. The Bertz CT molecular complexity index is 271. The average molecular weight is 277 g/mol. The zero-order chi connectivity index (χ0) is 14.0. The van der Waals surface area contributed by atoms with Gasteiger partial charge in [-0.25, -0.2) is 0 Å². The maximum Gasteiger partial charge on any atom is 0.539 e. The Kier molecular flexibility index (Phi) is 5.38. The molecule has 0 aromatic carbocycles. The van der Waals surface area contributed by atoms with Gasteiger partial charge in [0.05, 0.1) is 6.10 Å². The summed E-state index contributed by atoms with van der Waals surface area (Å²) < 4.78 is 30.6. The molecule has 2 nitrogen and oxygen atoms in total. The zero-order valence-corrected chi connectivity index (χ0v) is 13.3. The molecule has 1 rings (SSSR count). The van der Waals surface area contributed by atoms with Crippen molar-refractivity contribution in [1.29, 1.82) is 0 Å². The van der Waals surface area contributed by atoms with Gasteiger partial charge in [0.1, 0.15) is 0 Å². The van der Waals surface area contributed by atoms with Crippen LogP contribution < -0.4 is 0 Å². The second kappa shape index (κ2) is 6.01. The fraction of sp³-hybridized carbons (Fsp3) is 1.00. The molecule has 1 aliphatic heterocycles. The van der Waals surface area contributed by atoms with Crippen LogP contribution in [0.15, 0.2) is 0 Å². The van der Waals surface area contributed by atoms with Gasteiger partial charge in [-0.2, -0.15) is 0 Å². The Morgan fingerprint density at radius 2 is 1.94 bits per heavy atom. The van der Waals surface area contributed by atoms with Crippen LogP contribution in [-0.2, 0) is 4.43 Å². The number of nitrogens with zero attached hydrogens (tertiary/aromatic N) is 1. The van der Waals surface area contributed by atoms with Crippen LogP contribution in [0.3, 0.4) is 0 Å². The second-order valence-electron chi connectivity index (χ2n) is 6.77. The van der Waals surface area contributed by atoms with E-state index >= 15 is 0 Å². The van der Waals surface area contributed by atoms with Gasteiger partial charge in [-0.15, -0.1) is 0 Å². The van der Waals surface area contributed by atoms with Crippen molar-refractivity contribution in [2.45, 2.75) is 57.7 Å². The van der Waals surface area contributed by atoms with Crippen molar-refractivity contribution < 1.29 is 13.1 Å². The van der Waals surface area contributed by atoms with Gasteiger partial charge in [0.2, 0.25) is 0 Å². The first-order chi connectivity index (χ1) is 8.12. The molecule has 6 heteroatoms. The molecule has 1 aliphatic rings. The molecule has 0 radical (unpaired) electrons. The highest BCUT2D eigenvalue weighted by atomic mass is 28.4. The predicted molar refractivity (Wildman–Crippen MR) is 75.9 cm³/mol. The van der Waals surface area contributed by atoms with Gasteiger partial charge in [0.15, 0.2) is 8.32 Å². The SMILES string of the molecule is CC(C)(C)[Si](C)(C)OC1CCN(CCB(F)F)C1. The lowest BCUT2D eigenvalue weighted by molar-refractivity contribution is 0.182. The van der Waals surface area contributed by atoms with Crippen LogP contribution in [-0.4, -0.2) is 46.2 Å². The van der Waals surface area contributed by atoms with Crippen LogP contribution in [0.2, 0.25) is 24.5 Å². The molecule has 1 unspecified atom stereocenters. The largest absolute Gasteiger partial charge is 0.539 e. The van der Waals surface area contributed by atoms with E-state index in [1.807, 2.05) is 0 Å². The van der Waals surface area contributed by atoms with Gasteiger partial charge in [0, 0.05) is 19.4 Å².